The average Bonchev–Trinajstić information content (AvgIpc) is 2.02. The first kappa shape index (κ1) is 14.2. The molecule has 0 aromatic rings. The van der Waals surface area contributed by atoms with Crippen LogP contribution in [0.1, 0.15) is 19.8 Å². The van der Waals surface area contributed by atoms with E-state index in [4.69, 9.17) is 0 Å². The summed E-state index contributed by atoms with van der Waals surface area (Å²) in [6, 6.07) is -0.362. The average molecular weight is 252 g/mol. The molecule has 0 rings (SSSR count). The van der Waals surface area contributed by atoms with E-state index in [0.717, 1.165) is 12.2 Å². The monoisotopic (exact) mass is 252 g/mol. The van der Waals surface area contributed by atoms with Gasteiger partial charge in [0.2, 0.25) is 0 Å². The topological polar surface area (TPSA) is 41.5 Å². The maximum absolute atomic E-state index is 11.0. The van der Waals surface area contributed by atoms with Gasteiger partial charge in [0.1, 0.15) is 0 Å². The summed E-state index contributed by atoms with van der Waals surface area (Å²) in [6.07, 6.45) is 3.16. The Morgan fingerprint density at radius 3 is 2.71 bits per heavy atom. The predicted octanol–water partition coefficient (Wildman–Crippen LogP) is 2.05. The van der Waals surface area contributed by atoms with E-state index in [1.54, 1.807) is 13.1 Å². The number of nitrogens with one attached hydrogen (secondary N) is 1. The van der Waals surface area contributed by atoms with Crippen molar-refractivity contribution in [2.45, 2.75) is 30.4 Å². The second kappa shape index (κ2) is 8.49. The lowest BCUT2D eigenvalue weighted by Gasteiger charge is -2.04. The van der Waals surface area contributed by atoms with Crippen LogP contribution in [0.15, 0.2) is 4.99 Å². The van der Waals surface area contributed by atoms with Gasteiger partial charge in [0, 0.05) is 11.5 Å². The second-order valence-corrected chi connectivity index (χ2v) is 4.79. The Kier molecular flexibility index (Phi) is 8.61. The first-order chi connectivity index (χ1) is 6.56. The van der Waals surface area contributed by atoms with Crippen molar-refractivity contribution in [2.75, 3.05) is 5.75 Å². The molecule has 0 aromatic carbocycles. The molecule has 6 heteroatoms. The molecule has 2 unspecified atom stereocenters. The zero-order chi connectivity index (χ0) is 11.0. The number of hydrogen-bond donors (Lipinski definition) is 4. The maximum atomic E-state index is 11.0. The van der Waals surface area contributed by atoms with Crippen LogP contribution in [0, 0.1) is 0 Å². The Morgan fingerprint density at radius 1 is 1.57 bits per heavy atom. The molecule has 0 saturated heterocycles. The van der Waals surface area contributed by atoms with Crippen LogP contribution in [-0.4, -0.2) is 28.6 Å². The highest BCUT2D eigenvalue weighted by molar-refractivity contribution is 7.81. The third-order valence-corrected chi connectivity index (χ3v) is 2.24. The Bertz CT molecular complexity index is 197. The van der Waals surface area contributed by atoms with Crippen LogP contribution in [0.2, 0.25) is 0 Å². The molecule has 0 spiro atoms. The number of nitrogens with zero attached hydrogens (tertiary/aromatic N) is 1. The minimum absolute atomic E-state index is 0.177. The Labute approximate surface area is 101 Å². The summed E-state index contributed by atoms with van der Waals surface area (Å²) >= 11 is 12.4. The third kappa shape index (κ3) is 8.77. The smallest absolute Gasteiger partial charge is 0.325 e. The summed E-state index contributed by atoms with van der Waals surface area (Å²) < 4.78 is 0. The number of hydrogen-bond acceptors (Lipinski definition) is 4. The molecular weight excluding hydrogens is 236 g/mol. The van der Waals surface area contributed by atoms with Crippen molar-refractivity contribution in [2.24, 2.45) is 4.99 Å². The number of thiol groups is 3. The van der Waals surface area contributed by atoms with Crippen molar-refractivity contribution in [3.05, 3.63) is 0 Å². The number of amides is 2. The van der Waals surface area contributed by atoms with Gasteiger partial charge in [-0.2, -0.15) is 37.9 Å². The zero-order valence-electron chi connectivity index (χ0n) is 8.05. The van der Waals surface area contributed by atoms with Gasteiger partial charge in [0.05, 0.1) is 5.37 Å². The first-order valence-electron chi connectivity index (χ1n) is 4.36. The Balaban J connectivity index is 3.66. The molecule has 0 aliphatic carbocycles. The molecule has 3 nitrogen and oxygen atoms in total. The molecule has 2 atom stereocenters. The molecule has 0 radical (unpaired) electrons. The van der Waals surface area contributed by atoms with Gasteiger partial charge in [-0.05, 0) is 25.5 Å². The summed E-state index contributed by atoms with van der Waals surface area (Å²) in [4.78, 5) is 14.7. The number of carbonyl (C=O) groups is 1. The molecule has 1 N–H and O–H groups in total. The number of carbonyl (C=O) groups excluding carboxylic acids is 1. The quantitative estimate of drug-likeness (QED) is 0.338. The van der Waals surface area contributed by atoms with E-state index in [2.05, 4.69) is 48.2 Å². The number of urea groups is 1. The van der Waals surface area contributed by atoms with Gasteiger partial charge >= 0.3 is 6.03 Å². The summed E-state index contributed by atoms with van der Waals surface area (Å²) in [5, 5.41) is 2.58. The molecule has 2 amide bonds. The molecule has 0 heterocycles. The van der Waals surface area contributed by atoms with Gasteiger partial charge < -0.3 is 5.32 Å². The lowest BCUT2D eigenvalue weighted by molar-refractivity contribution is 0.249. The molecule has 0 aromatic heterocycles. The fourth-order valence-electron chi connectivity index (χ4n) is 0.740. The van der Waals surface area contributed by atoms with E-state index < -0.39 is 0 Å². The van der Waals surface area contributed by atoms with E-state index in [9.17, 15) is 4.79 Å². The van der Waals surface area contributed by atoms with Crippen LogP contribution in [-0.2, 0) is 0 Å². The highest BCUT2D eigenvalue weighted by Crippen LogP contribution is 2.05. The molecule has 82 valence electrons. The highest BCUT2D eigenvalue weighted by atomic mass is 32.1. The van der Waals surface area contributed by atoms with Crippen molar-refractivity contribution in [3.8, 4) is 0 Å². The van der Waals surface area contributed by atoms with E-state index in [-0.39, 0.29) is 16.7 Å². The molecular formula is C8H16N2OS3. The summed E-state index contributed by atoms with van der Waals surface area (Å²) in [5.74, 6) is 0.794. The number of rotatable bonds is 5. The molecule has 0 aliphatic heterocycles. The van der Waals surface area contributed by atoms with Gasteiger partial charge in [0.25, 0.3) is 0 Å². The van der Waals surface area contributed by atoms with Crippen molar-refractivity contribution in [3.63, 3.8) is 0 Å². The lowest BCUT2D eigenvalue weighted by Crippen LogP contribution is -2.25. The second-order valence-electron chi connectivity index (χ2n) is 2.84. The van der Waals surface area contributed by atoms with E-state index >= 15 is 0 Å². The molecule has 0 bridgehead atoms. The van der Waals surface area contributed by atoms with Crippen LogP contribution in [0.5, 0.6) is 0 Å². The van der Waals surface area contributed by atoms with Crippen LogP contribution in [0.4, 0.5) is 4.79 Å². The van der Waals surface area contributed by atoms with Gasteiger partial charge in [-0.3, -0.25) is 0 Å². The largest absolute Gasteiger partial charge is 0.341 e. The van der Waals surface area contributed by atoms with Crippen LogP contribution in [0.25, 0.3) is 0 Å². The zero-order valence-corrected chi connectivity index (χ0v) is 10.7. The summed E-state index contributed by atoms with van der Waals surface area (Å²) in [6.45, 7) is 1.76. The minimum Gasteiger partial charge on any atom is -0.325 e. The molecule has 0 saturated carbocycles. The van der Waals surface area contributed by atoms with Gasteiger partial charge in [-0.15, -0.1) is 0 Å². The third-order valence-electron chi connectivity index (χ3n) is 1.38. The Hall–Kier alpha value is 0.190. The fourth-order valence-corrected chi connectivity index (χ4v) is 1.59. The van der Waals surface area contributed by atoms with Crippen molar-refractivity contribution < 1.29 is 4.79 Å². The van der Waals surface area contributed by atoms with Crippen molar-refractivity contribution in [1.29, 1.82) is 0 Å². The van der Waals surface area contributed by atoms with Crippen LogP contribution < -0.4 is 5.32 Å². The maximum Gasteiger partial charge on any atom is 0.341 e. The van der Waals surface area contributed by atoms with Gasteiger partial charge in [0.15, 0.2) is 0 Å². The lowest BCUT2D eigenvalue weighted by atomic mass is 10.2. The first-order valence-corrected chi connectivity index (χ1v) is 6.02. The van der Waals surface area contributed by atoms with E-state index in [0.29, 0.717) is 6.42 Å². The van der Waals surface area contributed by atoms with Crippen molar-refractivity contribution >= 4 is 50.1 Å². The van der Waals surface area contributed by atoms with Gasteiger partial charge in [-0.1, -0.05) is 0 Å². The molecule has 0 fully saturated rings. The Morgan fingerprint density at radius 2 is 2.21 bits per heavy atom. The van der Waals surface area contributed by atoms with E-state index in [1.807, 2.05) is 0 Å². The number of aliphatic imine (C=N–C) groups is 1. The summed E-state index contributed by atoms with van der Waals surface area (Å²) in [5.41, 5.74) is 0. The molecule has 14 heavy (non-hydrogen) atoms. The van der Waals surface area contributed by atoms with Crippen LogP contribution in [0.3, 0.4) is 0 Å². The highest BCUT2D eigenvalue weighted by Gasteiger charge is 2.01. The SMILES string of the molecule is CC(S)NC(=O)/N=C/CC(S)CCS. The summed E-state index contributed by atoms with van der Waals surface area (Å²) in [7, 11) is 0. The minimum atomic E-state index is -0.362. The predicted molar refractivity (Wildman–Crippen MR) is 71.3 cm³/mol. The van der Waals surface area contributed by atoms with Crippen LogP contribution >= 0.6 is 37.9 Å². The fraction of sp³-hybridized carbons (Fsp3) is 0.750. The van der Waals surface area contributed by atoms with E-state index in [1.165, 1.54) is 0 Å². The van der Waals surface area contributed by atoms with Crippen molar-refractivity contribution in [1.82, 2.24) is 5.32 Å². The van der Waals surface area contributed by atoms with Gasteiger partial charge in [-0.25, -0.2) is 9.79 Å². The normalized spacial score (nSPS) is 15.4. The molecule has 0 aliphatic rings. The standard InChI is InChI=1S/C8H16N2OS3/c1-6(13)10-8(11)9-4-2-7(14)3-5-12/h4,6-7,12-14H,2-3,5H2,1H3,(H,10,11)/b9-4+.